The Balaban J connectivity index is 1.72. The van der Waals surface area contributed by atoms with Gasteiger partial charge in [-0.15, -0.1) is 0 Å². The first kappa shape index (κ1) is 7.86. The Bertz CT molecular complexity index is 606. The molecule has 2 bridgehead atoms. The maximum atomic E-state index is 3.62. The Morgan fingerprint density at radius 2 is 1.81 bits per heavy atom. The van der Waals surface area contributed by atoms with Crippen LogP contribution in [-0.2, 0) is 5.41 Å². The van der Waals surface area contributed by atoms with Crippen molar-refractivity contribution in [3.63, 3.8) is 0 Å². The van der Waals surface area contributed by atoms with Crippen molar-refractivity contribution in [1.29, 1.82) is 0 Å². The van der Waals surface area contributed by atoms with Gasteiger partial charge in [0.05, 0.1) is 0 Å². The first-order valence-electron chi connectivity index (χ1n) is 6.14. The zero-order valence-corrected chi connectivity index (χ0v) is 8.98. The highest BCUT2D eigenvalue weighted by atomic mass is 15.2. The van der Waals surface area contributed by atoms with Crippen molar-refractivity contribution in [1.82, 2.24) is 5.32 Å². The molecule has 1 heteroatoms. The quantitative estimate of drug-likeness (QED) is 0.756. The maximum absolute atomic E-state index is 3.62. The van der Waals surface area contributed by atoms with Crippen LogP contribution in [0.3, 0.4) is 0 Å². The van der Waals surface area contributed by atoms with E-state index in [4.69, 9.17) is 0 Å². The van der Waals surface area contributed by atoms with Crippen LogP contribution in [0.2, 0.25) is 0 Å². The second-order valence-electron chi connectivity index (χ2n) is 5.56. The topological polar surface area (TPSA) is 12.0 Å². The third-order valence-electron chi connectivity index (χ3n) is 5.02. The molecule has 1 nitrogen and oxygen atoms in total. The van der Waals surface area contributed by atoms with E-state index in [0.29, 0.717) is 5.41 Å². The second-order valence-corrected chi connectivity index (χ2v) is 5.56. The van der Waals surface area contributed by atoms with Crippen LogP contribution >= 0.6 is 0 Å². The average Bonchev–Trinajstić information content (AvgIpc) is 3.13. The molecule has 2 aliphatic heterocycles. The summed E-state index contributed by atoms with van der Waals surface area (Å²) in [5, 5.41) is 6.37. The van der Waals surface area contributed by atoms with Crippen molar-refractivity contribution < 1.29 is 0 Å². The number of benzene rings is 2. The SMILES string of the molecule is c1ccc2cc(C34CNC5C3C54)ccc2c1. The van der Waals surface area contributed by atoms with Gasteiger partial charge in [-0.1, -0.05) is 42.5 Å². The Labute approximate surface area is 94.5 Å². The number of hydrogen-bond donors (Lipinski definition) is 1. The van der Waals surface area contributed by atoms with E-state index in [9.17, 15) is 0 Å². The normalized spacial score (nSPS) is 42.1. The summed E-state index contributed by atoms with van der Waals surface area (Å²) >= 11 is 0. The highest BCUT2D eigenvalue weighted by molar-refractivity contribution is 5.83. The zero-order valence-electron chi connectivity index (χ0n) is 8.98. The Morgan fingerprint density at radius 3 is 2.56 bits per heavy atom. The predicted octanol–water partition coefficient (Wildman–Crippen LogP) is 2.31. The molecule has 2 saturated carbocycles. The van der Waals surface area contributed by atoms with Crippen LogP contribution in [-0.4, -0.2) is 12.6 Å². The van der Waals surface area contributed by atoms with Crippen LogP contribution in [0.1, 0.15) is 5.56 Å². The van der Waals surface area contributed by atoms with Gasteiger partial charge in [0.2, 0.25) is 0 Å². The Morgan fingerprint density at radius 1 is 1.00 bits per heavy atom. The summed E-state index contributed by atoms with van der Waals surface area (Å²) in [5.41, 5.74) is 2.12. The van der Waals surface area contributed by atoms with Crippen molar-refractivity contribution in [2.75, 3.05) is 6.54 Å². The summed E-state index contributed by atoms with van der Waals surface area (Å²) in [6.45, 7) is 1.21. The van der Waals surface area contributed by atoms with Gasteiger partial charge in [0, 0.05) is 18.0 Å². The maximum Gasteiger partial charge on any atom is 0.0171 e. The number of fused-ring (bicyclic) bond motifs is 2. The average molecular weight is 207 g/mol. The van der Waals surface area contributed by atoms with Crippen molar-refractivity contribution in [3.8, 4) is 0 Å². The molecule has 6 rings (SSSR count). The van der Waals surface area contributed by atoms with Gasteiger partial charge in [0.15, 0.2) is 0 Å². The minimum atomic E-state index is 0.550. The largest absolute Gasteiger partial charge is 0.312 e. The van der Waals surface area contributed by atoms with E-state index in [0.717, 1.165) is 17.9 Å². The molecule has 0 aromatic heterocycles. The van der Waals surface area contributed by atoms with E-state index in [1.54, 1.807) is 5.56 Å². The number of nitrogens with one attached hydrogen (secondary N) is 1. The highest BCUT2D eigenvalue weighted by Crippen LogP contribution is 2.80. The van der Waals surface area contributed by atoms with Crippen molar-refractivity contribution >= 4 is 10.8 Å². The van der Waals surface area contributed by atoms with Gasteiger partial charge < -0.3 is 5.32 Å². The molecule has 2 heterocycles. The predicted molar refractivity (Wildman–Crippen MR) is 64.4 cm³/mol. The summed E-state index contributed by atoms with van der Waals surface area (Å²) in [6, 6.07) is 16.6. The molecule has 4 fully saturated rings. The molecule has 0 spiro atoms. The molecular formula is C15H13N. The molecule has 2 unspecified atom stereocenters. The fourth-order valence-corrected chi connectivity index (χ4v) is 4.08. The Kier molecular flexibility index (Phi) is 1.07. The minimum absolute atomic E-state index is 0.550. The molecule has 2 aromatic carbocycles. The van der Waals surface area contributed by atoms with Crippen LogP contribution in [0.15, 0.2) is 42.5 Å². The lowest BCUT2D eigenvalue weighted by Gasteiger charge is -2.16. The molecule has 2 aliphatic carbocycles. The number of piperidine rings is 1. The molecule has 1 N–H and O–H groups in total. The molecular weight excluding hydrogens is 194 g/mol. The fourth-order valence-electron chi connectivity index (χ4n) is 4.08. The number of rotatable bonds is 1. The van der Waals surface area contributed by atoms with E-state index in [2.05, 4.69) is 47.8 Å². The van der Waals surface area contributed by atoms with Gasteiger partial charge in [0.25, 0.3) is 0 Å². The van der Waals surface area contributed by atoms with Crippen LogP contribution in [0.4, 0.5) is 0 Å². The van der Waals surface area contributed by atoms with E-state index in [-0.39, 0.29) is 0 Å². The van der Waals surface area contributed by atoms with Gasteiger partial charge in [-0.25, -0.2) is 0 Å². The molecule has 0 radical (unpaired) electrons. The van der Waals surface area contributed by atoms with Gasteiger partial charge in [0.1, 0.15) is 0 Å². The van der Waals surface area contributed by atoms with E-state index in [1.807, 2.05) is 0 Å². The smallest absolute Gasteiger partial charge is 0.0171 e. The third kappa shape index (κ3) is 0.671. The molecule has 0 amide bonds. The summed E-state index contributed by atoms with van der Waals surface area (Å²) in [4.78, 5) is 0. The standard InChI is InChI=1S/C15H13N/c1-2-4-10-7-11(6-5-9(10)3-1)15-8-16-14-12(15)13(14)15/h1-7,12-14,16H,8H2. The van der Waals surface area contributed by atoms with E-state index < -0.39 is 0 Å². The third-order valence-corrected chi connectivity index (χ3v) is 5.02. The lowest BCUT2D eigenvalue weighted by atomic mass is 9.87. The van der Waals surface area contributed by atoms with Crippen molar-refractivity contribution in [3.05, 3.63) is 48.0 Å². The molecule has 2 atom stereocenters. The van der Waals surface area contributed by atoms with Gasteiger partial charge in [-0.2, -0.15) is 0 Å². The first-order chi connectivity index (χ1) is 7.91. The monoisotopic (exact) mass is 207 g/mol. The second kappa shape index (κ2) is 2.18. The van der Waals surface area contributed by atoms with Gasteiger partial charge in [-0.05, 0) is 28.2 Å². The lowest BCUT2D eigenvalue weighted by Crippen LogP contribution is -2.17. The first-order valence-corrected chi connectivity index (χ1v) is 6.14. The van der Waals surface area contributed by atoms with Crippen LogP contribution in [0.25, 0.3) is 10.8 Å². The molecule has 4 aliphatic rings. The zero-order chi connectivity index (χ0) is 10.3. The fraction of sp³-hybridized carbons (Fsp3) is 0.333. The van der Waals surface area contributed by atoms with Crippen LogP contribution in [0, 0.1) is 11.8 Å². The lowest BCUT2D eigenvalue weighted by molar-refractivity contribution is 0.615. The molecule has 2 saturated heterocycles. The van der Waals surface area contributed by atoms with E-state index >= 15 is 0 Å². The van der Waals surface area contributed by atoms with E-state index in [1.165, 1.54) is 17.3 Å². The van der Waals surface area contributed by atoms with Gasteiger partial charge in [-0.3, -0.25) is 0 Å². The summed E-state index contributed by atoms with van der Waals surface area (Å²) in [5.74, 6) is 1.96. The van der Waals surface area contributed by atoms with Crippen molar-refractivity contribution in [2.45, 2.75) is 11.5 Å². The van der Waals surface area contributed by atoms with Crippen LogP contribution < -0.4 is 5.32 Å². The summed E-state index contributed by atoms with van der Waals surface area (Å²) < 4.78 is 0. The van der Waals surface area contributed by atoms with Crippen LogP contribution in [0.5, 0.6) is 0 Å². The summed E-state index contributed by atoms with van der Waals surface area (Å²) in [6.07, 6.45) is 0. The number of hydrogen-bond acceptors (Lipinski definition) is 1. The molecule has 2 aromatic rings. The molecule has 16 heavy (non-hydrogen) atoms. The van der Waals surface area contributed by atoms with Gasteiger partial charge >= 0.3 is 0 Å². The highest BCUT2D eigenvalue weighted by Gasteiger charge is 2.87. The molecule has 78 valence electrons. The van der Waals surface area contributed by atoms with Crippen molar-refractivity contribution in [2.24, 2.45) is 11.8 Å². The summed E-state index contributed by atoms with van der Waals surface area (Å²) in [7, 11) is 0. The minimum Gasteiger partial charge on any atom is -0.312 e. The Hall–Kier alpha value is -1.34.